The Bertz CT molecular complexity index is 378. The molecule has 0 aliphatic carbocycles. The van der Waals surface area contributed by atoms with Gasteiger partial charge in [0.1, 0.15) is 11.6 Å². The van der Waals surface area contributed by atoms with Crippen molar-refractivity contribution < 1.29 is 0 Å². The van der Waals surface area contributed by atoms with Gasteiger partial charge in [-0.25, -0.2) is 9.97 Å². The van der Waals surface area contributed by atoms with Crippen LogP contribution >= 0.6 is 11.8 Å². The van der Waals surface area contributed by atoms with E-state index in [2.05, 4.69) is 54.9 Å². The average molecular weight is 268 g/mol. The Morgan fingerprint density at radius 3 is 2.39 bits per heavy atom. The van der Waals surface area contributed by atoms with E-state index in [1.807, 2.05) is 19.4 Å². The van der Waals surface area contributed by atoms with E-state index in [1.165, 1.54) is 0 Å². The lowest BCUT2D eigenvalue weighted by atomic mass is 9.87. The third-order valence-corrected chi connectivity index (χ3v) is 3.87. The van der Waals surface area contributed by atoms with E-state index in [4.69, 9.17) is 0 Å². The number of hydrogen-bond donors (Lipinski definition) is 1. The van der Waals surface area contributed by atoms with Crippen molar-refractivity contribution in [3.63, 3.8) is 0 Å². The summed E-state index contributed by atoms with van der Waals surface area (Å²) in [7, 11) is 3.96. The molecule has 0 saturated carbocycles. The monoisotopic (exact) mass is 268 g/mol. The molecule has 0 aliphatic heterocycles. The molecule has 1 heterocycles. The van der Waals surface area contributed by atoms with Crippen LogP contribution in [0.3, 0.4) is 0 Å². The molecule has 4 nitrogen and oxygen atoms in total. The maximum Gasteiger partial charge on any atom is 0.191 e. The number of nitrogens with one attached hydrogen (secondary N) is 1. The Balaban J connectivity index is 3.08. The van der Waals surface area contributed by atoms with Crippen LogP contribution in [0.15, 0.2) is 11.2 Å². The quantitative estimate of drug-likeness (QED) is 0.671. The van der Waals surface area contributed by atoms with Crippen LogP contribution in [0.2, 0.25) is 0 Å². The van der Waals surface area contributed by atoms with Gasteiger partial charge in [-0.3, -0.25) is 0 Å². The molecule has 0 aliphatic rings. The van der Waals surface area contributed by atoms with Crippen LogP contribution in [-0.4, -0.2) is 36.4 Å². The highest BCUT2D eigenvalue weighted by Gasteiger charge is 2.25. The van der Waals surface area contributed by atoms with E-state index in [9.17, 15) is 0 Å². The van der Waals surface area contributed by atoms with Gasteiger partial charge in [-0.1, -0.05) is 32.5 Å². The maximum absolute atomic E-state index is 4.57. The Morgan fingerprint density at radius 1 is 1.33 bits per heavy atom. The van der Waals surface area contributed by atoms with Gasteiger partial charge in [0.05, 0.1) is 0 Å². The summed E-state index contributed by atoms with van der Waals surface area (Å²) in [5.41, 5.74) is 0.207. The fraction of sp³-hybridized carbons (Fsp3) is 0.692. The number of hydrogen-bond acceptors (Lipinski definition) is 5. The standard InChI is InChI=1S/C13H24N4S/c1-9(13(2,3)4)17(6)11-8-10(14-5)15-12(16-11)18-7/h8-9H,1-7H3,(H,14,15,16). The van der Waals surface area contributed by atoms with Crippen molar-refractivity contribution in [1.29, 1.82) is 0 Å². The predicted molar refractivity (Wildman–Crippen MR) is 80.7 cm³/mol. The summed E-state index contributed by atoms with van der Waals surface area (Å²) >= 11 is 1.56. The summed E-state index contributed by atoms with van der Waals surface area (Å²) in [5, 5.41) is 3.88. The fourth-order valence-electron chi connectivity index (χ4n) is 1.59. The van der Waals surface area contributed by atoms with E-state index in [0.717, 1.165) is 16.8 Å². The zero-order chi connectivity index (χ0) is 13.9. The third kappa shape index (κ3) is 3.51. The van der Waals surface area contributed by atoms with E-state index < -0.39 is 0 Å². The third-order valence-electron chi connectivity index (χ3n) is 3.33. The fourth-order valence-corrected chi connectivity index (χ4v) is 1.97. The van der Waals surface area contributed by atoms with Gasteiger partial charge in [0.25, 0.3) is 0 Å². The molecule has 0 fully saturated rings. The van der Waals surface area contributed by atoms with Crippen LogP contribution in [0.25, 0.3) is 0 Å². The highest BCUT2D eigenvalue weighted by molar-refractivity contribution is 7.98. The average Bonchev–Trinajstić information content (AvgIpc) is 2.35. The lowest BCUT2D eigenvalue weighted by Gasteiger charge is -2.36. The molecule has 1 N–H and O–H groups in total. The number of aromatic nitrogens is 2. The van der Waals surface area contributed by atoms with Crippen molar-refractivity contribution in [2.75, 3.05) is 30.6 Å². The molecule has 0 amide bonds. The van der Waals surface area contributed by atoms with Crippen molar-refractivity contribution >= 4 is 23.4 Å². The number of anilines is 2. The summed E-state index contributed by atoms with van der Waals surface area (Å²) in [6.07, 6.45) is 1.99. The number of thioether (sulfide) groups is 1. The molecule has 0 radical (unpaired) electrons. The lowest BCUT2D eigenvalue weighted by Crippen LogP contribution is -2.39. The molecule has 102 valence electrons. The van der Waals surface area contributed by atoms with Crippen molar-refractivity contribution in [1.82, 2.24) is 9.97 Å². The SMILES string of the molecule is CNc1cc(N(C)C(C)C(C)(C)C)nc(SC)n1. The molecule has 5 heteroatoms. The van der Waals surface area contributed by atoms with Crippen LogP contribution < -0.4 is 10.2 Å². The Hall–Kier alpha value is -0.970. The van der Waals surface area contributed by atoms with Crippen LogP contribution in [0, 0.1) is 5.41 Å². The van der Waals surface area contributed by atoms with E-state index in [0.29, 0.717) is 6.04 Å². The second-order valence-electron chi connectivity index (χ2n) is 5.50. The number of nitrogens with zero attached hydrogens (tertiary/aromatic N) is 3. The molecule has 0 spiro atoms. The second-order valence-corrected chi connectivity index (χ2v) is 6.27. The molecule has 1 atom stereocenters. The van der Waals surface area contributed by atoms with Crippen molar-refractivity contribution in [2.45, 2.75) is 38.9 Å². The van der Waals surface area contributed by atoms with E-state index in [-0.39, 0.29) is 5.41 Å². The van der Waals surface area contributed by atoms with Gasteiger partial charge in [-0.2, -0.15) is 0 Å². The normalized spacial score (nSPS) is 13.3. The minimum atomic E-state index is 0.207. The minimum absolute atomic E-state index is 0.207. The summed E-state index contributed by atoms with van der Waals surface area (Å²) in [4.78, 5) is 11.2. The Labute approximate surface area is 115 Å². The summed E-state index contributed by atoms with van der Waals surface area (Å²) < 4.78 is 0. The minimum Gasteiger partial charge on any atom is -0.373 e. The zero-order valence-electron chi connectivity index (χ0n) is 12.4. The Kier molecular flexibility index (Phi) is 4.85. The summed E-state index contributed by atoms with van der Waals surface area (Å²) in [6, 6.07) is 2.38. The maximum atomic E-state index is 4.57. The summed E-state index contributed by atoms with van der Waals surface area (Å²) in [6.45, 7) is 8.94. The van der Waals surface area contributed by atoms with E-state index in [1.54, 1.807) is 11.8 Å². The molecule has 1 unspecified atom stereocenters. The summed E-state index contributed by atoms with van der Waals surface area (Å²) in [5.74, 6) is 1.82. The molecule has 1 aromatic heterocycles. The molecular weight excluding hydrogens is 244 g/mol. The molecule has 0 saturated heterocycles. The van der Waals surface area contributed by atoms with Crippen molar-refractivity contribution in [3.8, 4) is 0 Å². The van der Waals surface area contributed by atoms with Gasteiger partial charge in [0.2, 0.25) is 0 Å². The highest BCUT2D eigenvalue weighted by Crippen LogP contribution is 2.28. The van der Waals surface area contributed by atoms with Gasteiger partial charge >= 0.3 is 0 Å². The topological polar surface area (TPSA) is 41.0 Å². The largest absolute Gasteiger partial charge is 0.373 e. The predicted octanol–water partition coefficient (Wildman–Crippen LogP) is 3.11. The Morgan fingerprint density at radius 2 is 1.94 bits per heavy atom. The van der Waals surface area contributed by atoms with Gasteiger partial charge in [0.15, 0.2) is 5.16 Å². The molecule has 0 bridgehead atoms. The molecule has 0 aromatic carbocycles. The van der Waals surface area contributed by atoms with Crippen LogP contribution in [-0.2, 0) is 0 Å². The molecule has 1 rings (SSSR count). The van der Waals surface area contributed by atoms with Crippen LogP contribution in [0.5, 0.6) is 0 Å². The molecule has 1 aromatic rings. The van der Waals surface area contributed by atoms with Gasteiger partial charge < -0.3 is 10.2 Å². The van der Waals surface area contributed by atoms with Crippen molar-refractivity contribution in [2.24, 2.45) is 5.41 Å². The van der Waals surface area contributed by atoms with Gasteiger partial charge in [0, 0.05) is 26.2 Å². The second kappa shape index (κ2) is 5.78. The zero-order valence-corrected chi connectivity index (χ0v) is 13.2. The van der Waals surface area contributed by atoms with E-state index >= 15 is 0 Å². The first kappa shape index (κ1) is 15.1. The van der Waals surface area contributed by atoms with Gasteiger partial charge in [-0.15, -0.1) is 0 Å². The smallest absolute Gasteiger partial charge is 0.191 e. The first-order chi connectivity index (χ1) is 8.29. The van der Waals surface area contributed by atoms with Crippen LogP contribution in [0.1, 0.15) is 27.7 Å². The van der Waals surface area contributed by atoms with Gasteiger partial charge in [-0.05, 0) is 18.6 Å². The first-order valence-corrected chi connectivity index (χ1v) is 7.35. The first-order valence-electron chi connectivity index (χ1n) is 6.13. The highest BCUT2D eigenvalue weighted by atomic mass is 32.2. The lowest BCUT2D eigenvalue weighted by molar-refractivity contribution is 0.328. The molecular formula is C13H24N4S. The molecule has 18 heavy (non-hydrogen) atoms. The number of rotatable bonds is 4. The van der Waals surface area contributed by atoms with Crippen molar-refractivity contribution in [3.05, 3.63) is 6.07 Å². The van der Waals surface area contributed by atoms with Crippen LogP contribution in [0.4, 0.5) is 11.6 Å².